The lowest BCUT2D eigenvalue weighted by Gasteiger charge is -2.25. The number of fused-ring (bicyclic) bond motifs is 1. The number of pyridine rings is 1. The Morgan fingerprint density at radius 2 is 1.81 bits per heavy atom. The molecule has 0 aliphatic carbocycles. The summed E-state index contributed by atoms with van der Waals surface area (Å²) in [6.07, 6.45) is 5.62. The van der Waals surface area contributed by atoms with Crippen LogP contribution >= 0.6 is 11.8 Å². The van der Waals surface area contributed by atoms with E-state index < -0.39 is 10.0 Å². The summed E-state index contributed by atoms with van der Waals surface area (Å²) in [5, 5.41) is 1.74. The van der Waals surface area contributed by atoms with E-state index in [0.29, 0.717) is 34.0 Å². The molecular weight excluding hydrogens is 387 g/mol. The molecule has 0 amide bonds. The smallest absolute Gasteiger partial charge is 0.244 e. The monoisotopic (exact) mass is 404 g/mol. The van der Waals surface area contributed by atoms with Crippen LogP contribution in [0.1, 0.15) is 19.3 Å². The minimum absolute atomic E-state index is 0.187. The number of hydrogen-bond donors (Lipinski definition) is 0. The van der Waals surface area contributed by atoms with Gasteiger partial charge in [0.05, 0.1) is 5.52 Å². The van der Waals surface area contributed by atoms with Crippen LogP contribution in [0.4, 0.5) is 4.39 Å². The van der Waals surface area contributed by atoms with E-state index in [1.165, 1.54) is 40.7 Å². The quantitative estimate of drug-likeness (QED) is 0.620. The SMILES string of the molecule is O=S(=O)(c1ccc(Sc2ncnc3ccc(F)cc23)nc1)N1CCCCC1. The fourth-order valence-corrected chi connectivity index (χ4v) is 5.30. The maximum absolute atomic E-state index is 13.6. The molecule has 6 nitrogen and oxygen atoms in total. The molecule has 1 fully saturated rings. The number of hydrogen-bond acceptors (Lipinski definition) is 6. The van der Waals surface area contributed by atoms with Gasteiger partial charge in [-0.15, -0.1) is 0 Å². The molecule has 1 saturated heterocycles. The second kappa shape index (κ2) is 7.49. The lowest BCUT2D eigenvalue weighted by Crippen LogP contribution is -2.35. The van der Waals surface area contributed by atoms with Crippen molar-refractivity contribution < 1.29 is 12.8 Å². The van der Waals surface area contributed by atoms with Gasteiger partial charge >= 0.3 is 0 Å². The fourth-order valence-electron chi connectivity index (χ4n) is 3.02. The molecule has 9 heteroatoms. The van der Waals surface area contributed by atoms with Gasteiger partial charge in [-0.05, 0) is 54.9 Å². The van der Waals surface area contributed by atoms with Gasteiger partial charge in [-0.1, -0.05) is 6.42 Å². The van der Waals surface area contributed by atoms with Crippen LogP contribution in [0.3, 0.4) is 0 Å². The van der Waals surface area contributed by atoms with Crippen molar-refractivity contribution >= 4 is 32.7 Å². The van der Waals surface area contributed by atoms with E-state index in [2.05, 4.69) is 15.0 Å². The highest BCUT2D eigenvalue weighted by atomic mass is 32.2. The van der Waals surface area contributed by atoms with E-state index in [1.54, 1.807) is 18.2 Å². The summed E-state index contributed by atoms with van der Waals surface area (Å²) in [4.78, 5) is 12.8. The van der Waals surface area contributed by atoms with Crippen molar-refractivity contribution in [1.29, 1.82) is 0 Å². The van der Waals surface area contributed by atoms with Gasteiger partial charge in [-0.3, -0.25) is 0 Å². The number of aromatic nitrogens is 3. The molecule has 0 saturated carbocycles. The van der Waals surface area contributed by atoms with Gasteiger partial charge in [0.1, 0.15) is 27.1 Å². The molecule has 0 unspecified atom stereocenters. The second-order valence-electron chi connectivity index (χ2n) is 6.24. The highest BCUT2D eigenvalue weighted by Gasteiger charge is 2.26. The zero-order chi connectivity index (χ0) is 18.9. The third kappa shape index (κ3) is 3.80. The van der Waals surface area contributed by atoms with Gasteiger partial charge < -0.3 is 0 Å². The first kappa shape index (κ1) is 18.3. The van der Waals surface area contributed by atoms with Gasteiger partial charge in [0.25, 0.3) is 0 Å². The van der Waals surface area contributed by atoms with Crippen molar-refractivity contribution in [1.82, 2.24) is 19.3 Å². The van der Waals surface area contributed by atoms with E-state index >= 15 is 0 Å². The Bertz CT molecular complexity index is 1070. The van der Waals surface area contributed by atoms with Crippen LogP contribution in [0, 0.1) is 5.82 Å². The predicted octanol–water partition coefficient (Wildman–Crippen LogP) is 3.49. The molecule has 1 aliphatic rings. The summed E-state index contributed by atoms with van der Waals surface area (Å²) in [6.45, 7) is 1.11. The maximum Gasteiger partial charge on any atom is 0.244 e. The largest absolute Gasteiger partial charge is 0.248 e. The van der Waals surface area contributed by atoms with Crippen molar-refractivity contribution in [3.63, 3.8) is 0 Å². The van der Waals surface area contributed by atoms with Crippen LogP contribution in [0.5, 0.6) is 0 Å². The average Bonchev–Trinajstić information content (AvgIpc) is 2.69. The summed E-state index contributed by atoms with van der Waals surface area (Å²) < 4.78 is 40.5. The molecule has 140 valence electrons. The number of nitrogens with zero attached hydrogens (tertiary/aromatic N) is 4. The van der Waals surface area contributed by atoms with Crippen molar-refractivity contribution in [2.45, 2.75) is 34.2 Å². The Morgan fingerprint density at radius 3 is 2.56 bits per heavy atom. The molecule has 1 aromatic carbocycles. The van der Waals surface area contributed by atoms with Crippen molar-refractivity contribution in [2.24, 2.45) is 0 Å². The van der Waals surface area contributed by atoms with Crippen LogP contribution in [-0.2, 0) is 10.0 Å². The Balaban J connectivity index is 1.59. The summed E-state index contributed by atoms with van der Waals surface area (Å²) >= 11 is 1.24. The van der Waals surface area contributed by atoms with E-state index in [9.17, 15) is 12.8 Å². The molecular formula is C18H17FN4O2S2. The molecule has 3 aromatic rings. The van der Waals surface area contributed by atoms with Gasteiger partial charge in [0, 0.05) is 24.7 Å². The summed E-state index contributed by atoms with van der Waals surface area (Å²) in [5.74, 6) is -0.366. The zero-order valence-corrected chi connectivity index (χ0v) is 16.0. The summed E-state index contributed by atoms with van der Waals surface area (Å²) in [7, 11) is -3.51. The predicted molar refractivity (Wildman–Crippen MR) is 100 cm³/mol. The Labute approximate surface area is 160 Å². The summed E-state index contributed by atoms with van der Waals surface area (Å²) in [5.41, 5.74) is 0.637. The highest BCUT2D eigenvalue weighted by Crippen LogP contribution is 2.31. The highest BCUT2D eigenvalue weighted by molar-refractivity contribution is 7.99. The van der Waals surface area contributed by atoms with E-state index in [1.807, 2.05) is 0 Å². The van der Waals surface area contributed by atoms with Gasteiger partial charge in [0.15, 0.2) is 0 Å². The topological polar surface area (TPSA) is 76.0 Å². The standard InChI is InChI=1S/C18H17FN4O2S2/c19-13-4-6-16-15(10-13)18(22-12-21-16)26-17-7-5-14(11-20-17)27(24,25)23-8-2-1-3-9-23/h4-7,10-12H,1-3,8-9H2. The van der Waals surface area contributed by atoms with Gasteiger partial charge in [-0.2, -0.15) is 4.31 Å². The lowest BCUT2D eigenvalue weighted by molar-refractivity contribution is 0.346. The zero-order valence-electron chi connectivity index (χ0n) is 14.4. The molecule has 0 spiro atoms. The number of benzene rings is 1. The number of halogens is 1. The van der Waals surface area contributed by atoms with Crippen LogP contribution in [0.2, 0.25) is 0 Å². The van der Waals surface area contributed by atoms with E-state index in [0.717, 1.165) is 19.3 Å². The second-order valence-corrected chi connectivity index (χ2v) is 9.19. The minimum atomic E-state index is -3.51. The van der Waals surface area contributed by atoms with Crippen LogP contribution in [0.15, 0.2) is 57.8 Å². The average molecular weight is 404 g/mol. The lowest BCUT2D eigenvalue weighted by atomic mass is 10.2. The van der Waals surface area contributed by atoms with E-state index in [-0.39, 0.29) is 10.7 Å². The Kier molecular flexibility index (Phi) is 5.07. The molecule has 4 rings (SSSR count). The number of rotatable bonds is 4. The van der Waals surface area contributed by atoms with Crippen molar-refractivity contribution in [3.05, 3.63) is 48.7 Å². The minimum Gasteiger partial charge on any atom is -0.248 e. The van der Waals surface area contributed by atoms with Crippen LogP contribution < -0.4 is 0 Å². The third-order valence-corrected chi connectivity index (χ3v) is 7.28. The first-order chi connectivity index (χ1) is 13.0. The molecule has 0 atom stereocenters. The van der Waals surface area contributed by atoms with Crippen LogP contribution in [0.25, 0.3) is 10.9 Å². The summed E-state index contributed by atoms with van der Waals surface area (Å²) in [6, 6.07) is 7.53. The molecule has 27 heavy (non-hydrogen) atoms. The first-order valence-corrected chi connectivity index (χ1v) is 10.8. The molecule has 1 aliphatic heterocycles. The number of sulfonamides is 1. The molecule has 3 heterocycles. The third-order valence-electron chi connectivity index (χ3n) is 4.42. The van der Waals surface area contributed by atoms with Crippen molar-refractivity contribution in [3.8, 4) is 0 Å². The molecule has 2 aromatic heterocycles. The molecule has 0 bridgehead atoms. The van der Waals surface area contributed by atoms with Gasteiger partial charge in [0.2, 0.25) is 10.0 Å². The Morgan fingerprint density at radius 1 is 1.00 bits per heavy atom. The number of piperidine rings is 1. The maximum atomic E-state index is 13.6. The van der Waals surface area contributed by atoms with Crippen molar-refractivity contribution in [2.75, 3.05) is 13.1 Å². The van der Waals surface area contributed by atoms with E-state index in [4.69, 9.17) is 0 Å². The normalized spacial score (nSPS) is 15.9. The van der Waals surface area contributed by atoms with Crippen LogP contribution in [-0.4, -0.2) is 40.8 Å². The molecule has 0 N–H and O–H groups in total. The first-order valence-electron chi connectivity index (χ1n) is 8.58. The molecule has 0 radical (unpaired) electrons. The van der Waals surface area contributed by atoms with Gasteiger partial charge in [-0.25, -0.2) is 27.8 Å². The Hall–Kier alpha value is -2.10. The fraction of sp³-hybridized carbons (Fsp3) is 0.278.